The van der Waals surface area contributed by atoms with Gasteiger partial charge >= 0.3 is 0 Å². The van der Waals surface area contributed by atoms with Crippen LogP contribution in [0.2, 0.25) is 0 Å². The number of anilines is 1. The highest BCUT2D eigenvalue weighted by Gasteiger charge is 2.33. The minimum atomic E-state index is -3.61. The highest BCUT2D eigenvalue weighted by atomic mass is 32.2. The zero-order chi connectivity index (χ0) is 20.6. The van der Waals surface area contributed by atoms with E-state index in [4.69, 9.17) is 0 Å². The predicted molar refractivity (Wildman–Crippen MR) is 114 cm³/mol. The van der Waals surface area contributed by atoms with E-state index in [1.165, 1.54) is 5.39 Å². The Labute approximate surface area is 171 Å². The van der Waals surface area contributed by atoms with Crippen molar-refractivity contribution in [3.63, 3.8) is 0 Å². The average molecular weight is 412 g/mol. The van der Waals surface area contributed by atoms with E-state index in [0.717, 1.165) is 17.6 Å². The molecule has 6 nitrogen and oxygen atoms in total. The van der Waals surface area contributed by atoms with Crippen LogP contribution in [0, 0.1) is 0 Å². The van der Waals surface area contributed by atoms with Gasteiger partial charge in [0.05, 0.1) is 4.90 Å². The fraction of sp³-hybridized carbons (Fsp3) is 0.318. The second kappa shape index (κ2) is 7.31. The number of nitrogens with zero attached hydrogens (tertiary/aromatic N) is 1. The molecule has 3 aromatic rings. The standard InChI is InChI=1S/C22H25N3O3S/c1-22(2)15-21(26)24-19-9-8-17(14-18(19)22)29(27,28)23-11-5-12-25-13-10-16-6-3-4-7-20(16)25/h3-4,6-10,13-14,23H,5,11-12,15H2,1-2H3,(H,24,26). The Balaban J connectivity index is 1.43. The first-order chi connectivity index (χ1) is 13.8. The summed E-state index contributed by atoms with van der Waals surface area (Å²) in [6, 6.07) is 15.1. The third-order valence-corrected chi connectivity index (χ3v) is 6.91. The molecule has 0 saturated carbocycles. The van der Waals surface area contributed by atoms with Crippen LogP contribution in [0.5, 0.6) is 0 Å². The molecule has 2 heterocycles. The zero-order valence-corrected chi connectivity index (χ0v) is 17.4. The molecule has 1 aliphatic heterocycles. The summed E-state index contributed by atoms with van der Waals surface area (Å²) in [4.78, 5) is 12.1. The number of carbonyl (C=O) groups is 1. The van der Waals surface area contributed by atoms with Crippen molar-refractivity contribution in [1.29, 1.82) is 0 Å². The summed E-state index contributed by atoms with van der Waals surface area (Å²) in [6.07, 6.45) is 3.05. The van der Waals surface area contributed by atoms with E-state index in [-0.39, 0.29) is 10.8 Å². The molecule has 0 saturated heterocycles. The summed E-state index contributed by atoms with van der Waals surface area (Å²) in [5.74, 6) is -0.0474. The molecule has 4 rings (SSSR count). The molecule has 0 unspecified atom stereocenters. The van der Waals surface area contributed by atoms with Crippen LogP contribution < -0.4 is 10.0 Å². The van der Waals surface area contributed by atoms with Gasteiger partial charge in [-0.25, -0.2) is 13.1 Å². The van der Waals surface area contributed by atoms with Gasteiger partial charge in [0.2, 0.25) is 15.9 Å². The number of carbonyl (C=O) groups excluding carboxylic acids is 1. The number of para-hydroxylation sites is 1. The first kappa shape index (κ1) is 19.7. The lowest BCUT2D eigenvalue weighted by Crippen LogP contribution is -2.33. The zero-order valence-electron chi connectivity index (χ0n) is 16.6. The van der Waals surface area contributed by atoms with Crippen molar-refractivity contribution in [2.75, 3.05) is 11.9 Å². The Hall–Kier alpha value is -2.64. The number of rotatable bonds is 6. The number of amides is 1. The van der Waals surface area contributed by atoms with Gasteiger partial charge in [0.25, 0.3) is 0 Å². The number of fused-ring (bicyclic) bond motifs is 2. The molecule has 1 aliphatic rings. The normalized spacial score (nSPS) is 15.9. The van der Waals surface area contributed by atoms with Crippen LogP contribution in [0.3, 0.4) is 0 Å². The van der Waals surface area contributed by atoms with Crippen LogP contribution in [-0.4, -0.2) is 25.4 Å². The van der Waals surface area contributed by atoms with Crippen LogP contribution in [0.25, 0.3) is 10.9 Å². The monoisotopic (exact) mass is 411 g/mol. The van der Waals surface area contributed by atoms with Gasteiger partial charge < -0.3 is 9.88 Å². The highest BCUT2D eigenvalue weighted by molar-refractivity contribution is 7.89. The number of benzene rings is 2. The minimum absolute atomic E-state index is 0.0474. The number of sulfonamides is 1. The van der Waals surface area contributed by atoms with Crippen molar-refractivity contribution in [1.82, 2.24) is 9.29 Å². The van der Waals surface area contributed by atoms with Crippen molar-refractivity contribution in [3.05, 3.63) is 60.3 Å². The lowest BCUT2D eigenvalue weighted by Gasteiger charge is -2.32. The number of aryl methyl sites for hydroxylation is 1. The molecule has 0 atom stereocenters. The van der Waals surface area contributed by atoms with Gasteiger partial charge in [-0.1, -0.05) is 32.0 Å². The first-order valence-corrected chi connectivity index (χ1v) is 11.2. The third kappa shape index (κ3) is 3.93. The van der Waals surface area contributed by atoms with Gasteiger partial charge in [-0.2, -0.15) is 0 Å². The number of nitrogens with one attached hydrogen (secondary N) is 2. The van der Waals surface area contributed by atoms with Crippen LogP contribution in [0.1, 0.15) is 32.3 Å². The van der Waals surface area contributed by atoms with Crippen LogP contribution in [-0.2, 0) is 26.8 Å². The Morgan fingerprint density at radius 3 is 2.76 bits per heavy atom. The summed E-state index contributed by atoms with van der Waals surface area (Å²) in [5, 5.41) is 4.00. The van der Waals surface area contributed by atoms with Crippen LogP contribution in [0.4, 0.5) is 5.69 Å². The van der Waals surface area contributed by atoms with Gasteiger partial charge in [-0.3, -0.25) is 4.79 Å². The Morgan fingerprint density at radius 1 is 1.14 bits per heavy atom. The lowest BCUT2D eigenvalue weighted by atomic mass is 9.78. The van der Waals surface area contributed by atoms with Gasteiger partial charge in [-0.15, -0.1) is 0 Å². The van der Waals surface area contributed by atoms with Crippen LogP contribution >= 0.6 is 0 Å². The van der Waals surface area contributed by atoms with E-state index < -0.39 is 15.4 Å². The SMILES string of the molecule is CC1(C)CC(=O)Nc2ccc(S(=O)(=O)NCCCn3ccc4ccccc43)cc21. The number of aromatic nitrogens is 1. The summed E-state index contributed by atoms with van der Waals surface area (Å²) >= 11 is 0. The third-order valence-electron chi connectivity index (χ3n) is 5.46. The largest absolute Gasteiger partial charge is 0.347 e. The Bertz CT molecular complexity index is 1180. The molecule has 2 aromatic carbocycles. The topological polar surface area (TPSA) is 80.2 Å². The molecular formula is C22H25N3O3S. The molecular weight excluding hydrogens is 386 g/mol. The molecule has 0 bridgehead atoms. The maximum atomic E-state index is 12.8. The fourth-order valence-electron chi connectivity index (χ4n) is 3.93. The molecule has 29 heavy (non-hydrogen) atoms. The highest BCUT2D eigenvalue weighted by Crippen LogP contribution is 2.38. The molecule has 152 valence electrons. The van der Waals surface area contributed by atoms with Gasteiger partial charge in [-0.05, 0) is 47.7 Å². The van der Waals surface area contributed by atoms with E-state index in [1.807, 2.05) is 32.2 Å². The van der Waals surface area contributed by atoms with E-state index in [1.54, 1.807) is 18.2 Å². The summed E-state index contributed by atoms with van der Waals surface area (Å²) < 4.78 is 30.4. The lowest BCUT2D eigenvalue weighted by molar-refractivity contribution is -0.117. The molecule has 0 fully saturated rings. The van der Waals surface area contributed by atoms with Crippen molar-refractivity contribution in [3.8, 4) is 0 Å². The van der Waals surface area contributed by atoms with Crippen molar-refractivity contribution < 1.29 is 13.2 Å². The predicted octanol–water partition coefficient (Wildman–Crippen LogP) is 3.63. The molecule has 0 aliphatic carbocycles. The number of hydrogen-bond donors (Lipinski definition) is 2. The second-order valence-corrected chi connectivity index (χ2v) is 9.90. The first-order valence-electron chi connectivity index (χ1n) is 9.74. The smallest absolute Gasteiger partial charge is 0.240 e. The van der Waals surface area contributed by atoms with E-state index in [0.29, 0.717) is 25.1 Å². The molecule has 1 amide bonds. The molecule has 7 heteroatoms. The fourth-order valence-corrected chi connectivity index (χ4v) is 5.03. The van der Waals surface area contributed by atoms with Gasteiger partial charge in [0.15, 0.2) is 0 Å². The van der Waals surface area contributed by atoms with Crippen LogP contribution in [0.15, 0.2) is 59.6 Å². The number of hydrogen-bond acceptors (Lipinski definition) is 3. The minimum Gasteiger partial charge on any atom is -0.347 e. The van der Waals surface area contributed by atoms with Crippen molar-refractivity contribution >= 4 is 32.5 Å². The summed E-state index contributed by atoms with van der Waals surface area (Å²) in [7, 11) is -3.61. The van der Waals surface area contributed by atoms with Gasteiger partial charge in [0.1, 0.15) is 0 Å². The maximum Gasteiger partial charge on any atom is 0.240 e. The van der Waals surface area contributed by atoms with E-state index >= 15 is 0 Å². The molecule has 1 aromatic heterocycles. The van der Waals surface area contributed by atoms with Crippen molar-refractivity contribution in [2.24, 2.45) is 0 Å². The van der Waals surface area contributed by atoms with Crippen molar-refractivity contribution in [2.45, 2.75) is 43.5 Å². The maximum absolute atomic E-state index is 12.8. The Kier molecular flexibility index (Phi) is 4.96. The quantitative estimate of drug-likeness (QED) is 0.608. The average Bonchev–Trinajstić information content (AvgIpc) is 3.07. The van der Waals surface area contributed by atoms with Gasteiger partial charge in [0, 0.05) is 42.3 Å². The molecule has 2 N–H and O–H groups in total. The summed E-state index contributed by atoms with van der Waals surface area (Å²) in [5.41, 5.74) is 2.27. The summed E-state index contributed by atoms with van der Waals surface area (Å²) in [6.45, 7) is 5.00. The molecule has 0 radical (unpaired) electrons. The molecule has 0 spiro atoms. The second-order valence-electron chi connectivity index (χ2n) is 8.14. The van der Waals surface area contributed by atoms with E-state index in [2.05, 4.69) is 32.8 Å². The van der Waals surface area contributed by atoms with E-state index in [9.17, 15) is 13.2 Å². The Morgan fingerprint density at radius 2 is 1.93 bits per heavy atom.